The van der Waals surface area contributed by atoms with Gasteiger partial charge in [0.1, 0.15) is 0 Å². The monoisotopic (exact) mass is 220 g/mol. The average Bonchev–Trinajstić information content (AvgIpc) is 2.71. The van der Waals surface area contributed by atoms with Gasteiger partial charge in [0.25, 0.3) is 0 Å². The predicted octanol–water partition coefficient (Wildman–Crippen LogP) is 2.00. The molecule has 15 heavy (non-hydrogen) atoms. The van der Waals surface area contributed by atoms with Crippen LogP contribution in [0.5, 0.6) is 0 Å². The molecule has 0 fully saturated rings. The zero-order chi connectivity index (χ0) is 10.7. The lowest BCUT2D eigenvalue weighted by molar-refractivity contribution is 0.179. The standard InChI is InChI=1S/C11H12N2OS/c12-9-3-1-8(2-4-9)11(14)5-10-6-13-7-15-10/h1-4,6-7,11,14H,5,12H2. The van der Waals surface area contributed by atoms with Crippen molar-refractivity contribution >= 4 is 17.0 Å². The number of aliphatic hydroxyl groups is 1. The van der Waals surface area contributed by atoms with Crippen molar-refractivity contribution in [2.45, 2.75) is 12.5 Å². The molecule has 3 N–H and O–H groups in total. The summed E-state index contributed by atoms with van der Waals surface area (Å²) in [6.07, 6.45) is 1.91. The van der Waals surface area contributed by atoms with Gasteiger partial charge in [-0.25, -0.2) is 0 Å². The third-order valence-electron chi connectivity index (χ3n) is 2.20. The van der Waals surface area contributed by atoms with Crippen molar-refractivity contribution in [3.8, 4) is 0 Å². The molecule has 1 atom stereocenters. The Hall–Kier alpha value is -1.39. The summed E-state index contributed by atoms with van der Waals surface area (Å²) >= 11 is 1.55. The second-order valence-electron chi connectivity index (χ2n) is 3.35. The molecule has 0 amide bonds. The van der Waals surface area contributed by atoms with Crippen LogP contribution in [0, 0.1) is 0 Å². The predicted molar refractivity (Wildman–Crippen MR) is 61.6 cm³/mol. The zero-order valence-electron chi connectivity index (χ0n) is 8.13. The molecule has 1 heterocycles. The summed E-state index contributed by atoms with van der Waals surface area (Å²) in [5, 5.41) is 9.92. The highest BCUT2D eigenvalue weighted by molar-refractivity contribution is 7.09. The molecule has 2 aromatic rings. The molecule has 1 aromatic carbocycles. The third kappa shape index (κ3) is 2.55. The number of thiazole rings is 1. The molecular formula is C11H12N2OS. The van der Waals surface area contributed by atoms with E-state index in [4.69, 9.17) is 5.73 Å². The van der Waals surface area contributed by atoms with Crippen molar-refractivity contribution < 1.29 is 5.11 Å². The quantitative estimate of drug-likeness (QED) is 0.778. The van der Waals surface area contributed by atoms with Crippen LogP contribution in [-0.4, -0.2) is 10.1 Å². The van der Waals surface area contributed by atoms with Crippen LogP contribution in [0.2, 0.25) is 0 Å². The van der Waals surface area contributed by atoms with Crippen LogP contribution in [-0.2, 0) is 6.42 Å². The first-order valence-corrected chi connectivity index (χ1v) is 5.54. The van der Waals surface area contributed by atoms with Gasteiger partial charge in [0.2, 0.25) is 0 Å². The molecular weight excluding hydrogens is 208 g/mol. The average molecular weight is 220 g/mol. The van der Waals surface area contributed by atoms with E-state index in [-0.39, 0.29) is 0 Å². The molecule has 0 saturated carbocycles. The summed E-state index contributed by atoms with van der Waals surface area (Å²) in [4.78, 5) is 5.05. The van der Waals surface area contributed by atoms with Crippen molar-refractivity contribution in [2.24, 2.45) is 0 Å². The van der Waals surface area contributed by atoms with Crippen molar-refractivity contribution in [3.05, 3.63) is 46.4 Å². The van der Waals surface area contributed by atoms with E-state index < -0.39 is 6.10 Å². The molecule has 0 bridgehead atoms. The molecule has 0 aliphatic heterocycles. The summed E-state index contributed by atoms with van der Waals surface area (Å²) < 4.78 is 0. The Morgan fingerprint density at radius 1 is 1.33 bits per heavy atom. The normalized spacial score (nSPS) is 12.6. The number of nitrogen functional groups attached to an aromatic ring is 1. The molecule has 0 saturated heterocycles. The smallest absolute Gasteiger partial charge is 0.0838 e. The molecule has 0 aliphatic rings. The van der Waals surface area contributed by atoms with Gasteiger partial charge >= 0.3 is 0 Å². The van der Waals surface area contributed by atoms with Crippen LogP contribution in [0.4, 0.5) is 5.69 Å². The molecule has 0 spiro atoms. The van der Waals surface area contributed by atoms with Crippen LogP contribution >= 0.6 is 11.3 Å². The minimum Gasteiger partial charge on any atom is -0.399 e. The van der Waals surface area contributed by atoms with E-state index in [0.717, 1.165) is 10.4 Å². The van der Waals surface area contributed by atoms with E-state index in [1.807, 2.05) is 12.1 Å². The minimum atomic E-state index is -0.481. The Bertz CT molecular complexity index is 411. The number of aliphatic hydroxyl groups excluding tert-OH is 1. The first-order valence-electron chi connectivity index (χ1n) is 4.66. The lowest BCUT2D eigenvalue weighted by Crippen LogP contribution is -2.00. The number of anilines is 1. The molecule has 0 radical (unpaired) electrons. The minimum absolute atomic E-state index is 0.481. The van der Waals surface area contributed by atoms with Crippen molar-refractivity contribution in [1.29, 1.82) is 0 Å². The lowest BCUT2D eigenvalue weighted by Gasteiger charge is -2.09. The topological polar surface area (TPSA) is 59.1 Å². The molecule has 4 heteroatoms. The molecule has 1 unspecified atom stereocenters. The summed E-state index contributed by atoms with van der Waals surface area (Å²) in [5.41, 5.74) is 8.94. The maximum Gasteiger partial charge on any atom is 0.0838 e. The van der Waals surface area contributed by atoms with E-state index in [0.29, 0.717) is 12.1 Å². The Balaban J connectivity index is 2.08. The number of rotatable bonds is 3. The Morgan fingerprint density at radius 2 is 2.07 bits per heavy atom. The zero-order valence-corrected chi connectivity index (χ0v) is 8.95. The number of nitrogens with zero attached hydrogens (tertiary/aromatic N) is 1. The van der Waals surface area contributed by atoms with Gasteiger partial charge in [-0.1, -0.05) is 12.1 Å². The first kappa shape index (κ1) is 10.1. The summed E-state index contributed by atoms with van der Waals surface area (Å²) in [6.45, 7) is 0. The van der Waals surface area contributed by atoms with Crippen LogP contribution in [0.1, 0.15) is 16.5 Å². The molecule has 1 aromatic heterocycles. The SMILES string of the molecule is Nc1ccc(C(O)Cc2cncs2)cc1. The molecule has 0 aliphatic carbocycles. The fourth-order valence-corrected chi connectivity index (χ4v) is 2.00. The Labute approximate surface area is 92.2 Å². The van der Waals surface area contributed by atoms with Gasteiger partial charge < -0.3 is 10.8 Å². The number of hydrogen-bond donors (Lipinski definition) is 2. The second-order valence-corrected chi connectivity index (χ2v) is 4.33. The van der Waals surface area contributed by atoms with Crippen LogP contribution in [0.25, 0.3) is 0 Å². The number of hydrogen-bond acceptors (Lipinski definition) is 4. The molecule has 78 valence electrons. The van der Waals surface area contributed by atoms with Gasteiger partial charge in [-0.3, -0.25) is 4.98 Å². The lowest BCUT2D eigenvalue weighted by atomic mass is 10.1. The third-order valence-corrected chi connectivity index (χ3v) is 3.00. The fraction of sp³-hybridized carbons (Fsp3) is 0.182. The van der Waals surface area contributed by atoms with Crippen LogP contribution in [0.3, 0.4) is 0 Å². The number of nitrogens with two attached hydrogens (primary N) is 1. The van der Waals surface area contributed by atoms with Gasteiger partial charge in [-0.2, -0.15) is 0 Å². The maximum atomic E-state index is 9.92. The van der Waals surface area contributed by atoms with Gasteiger partial charge in [0.05, 0.1) is 11.6 Å². The van der Waals surface area contributed by atoms with E-state index in [1.54, 1.807) is 35.2 Å². The first-order chi connectivity index (χ1) is 7.25. The molecule has 2 rings (SSSR count). The number of aromatic nitrogens is 1. The highest BCUT2D eigenvalue weighted by Gasteiger charge is 2.08. The summed E-state index contributed by atoms with van der Waals surface area (Å²) in [6, 6.07) is 7.29. The summed E-state index contributed by atoms with van der Waals surface area (Å²) in [5.74, 6) is 0. The highest BCUT2D eigenvalue weighted by Crippen LogP contribution is 2.20. The van der Waals surface area contributed by atoms with Crippen molar-refractivity contribution in [2.75, 3.05) is 5.73 Å². The van der Waals surface area contributed by atoms with E-state index in [1.165, 1.54) is 0 Å². The van der Waals surface area contributed by atoms with Gasteiger partial charge in [-0.05, 0) is 17.7 Å². The summed E-state index contributed by atoms with van der Waals surface area (Å²) in [7, 11) is 0. The van der Waals surface area contributed by atoms with Crippen LogP contribution in [0.15, 0.2) is 36.0 Å². The Morgan fingerprint density at radius 3 is 2.67 bits per heavy atom. The largest absolute Gasteiger partial charge is 0.399 e. The van der Waals surface area contributed by atoms with Gasteiger partial charge in [0, 0.05) is 23.2 Å². The van der Waals surface area contributed by atoms with E-state index >= 15 is 0 Å². The second kappa shape index (κ2) is 4.42. The van der Waals surface area contributed by atoms with Crippen LogP contribution < -0.4 is 5.73 Å². The van der Waals surface area contributed by atoms with Crippen molar-refractivity contribution in [1.82, 2.24) is 4.98 Å². The van der Waals surface area contributed by atoms with Gasteiger partial charge in [-0.15, -0.1) is 11.3 Å². The van der Waals surface area contributed by atoms with E-state index in [9.17, 15) is 5.11 Å². The Kier molecular flexibility index (Phi) is 2.99. The maximum absolute atomic E-state index is 9.92. The highest BCUT2D eigenvalue weighted by atomic mass is 32.1. The van der Waals surface area contributed by atoms with Gasteiger partial charge in [0.15, 0.2) is 0 Å². The fourth-order valence-electron chi connectivity index (χ4n) is 1.37. The van der Waals surface area contributed by atoms with E-state index in [2.05, 4.69) is 4.98 Å². The number of benzene rings is 1. The van der Waals surface area contributed by atoms with Crippen molar-refractivity contribution in [3.63, 3.8) is 0 Å². The molecule has 3 nitrogen and oxygen atoms in total.